The zero-order valence-electron chi connectivity index (χ0n) is 7.37. The molecule has 1 atom stereocenters. The average Bonchev–Trinajstić information content (AvgIpc) is 2.18. The Balaban J connectivity index is 3.06. The molecule has 0 aromatic heterocycles. The number of terminal acetylenes is 1. The molecule has 1 heteroatoms. The molecule has 0 amide bonds. The van der Waals surface area contributed by atoms with Crippen molar-refractivity contribution in [2.45, 2.75) is 12.5 Å². The second-order valence-corrected chi connectivity index (χ2v) is 2.75. The van der Waals surface area contributed by atoms with Crippen molar-refractivity contribution in [2.75, 3.05) is 7.11 Å². The van der Waals surface area contributed by atoms with Crippen molar-refractivity contribution in [1.82, 2.24) is 0 Å². The molecule has 62 valence electrons. The molecule has 1 rings (SSSR count). The Morgan fingerprint density at radius 1 is 1.33 bits per heavy atom. The molecule has 0 saturated heterocycles. The van der Waals surface area contributed by atoms with E-state index in [9.17, 15) is 0 Å². The standard InChI is InChI=1S/C11H12O/c1-4-11(2,12-3)10-8-6-5-7-9-10/h1,5-9H,2-3H3. The molecule has 0 saturated carbocycles. The van der Waals surface area contributed by atoms with Gasteiger partial charge in [-0.15, -0.1) is 6.42 Å². The summed E-state index contributed by atoms with van der Waals surface area (Å²) >= 11 is 0. The van der Waals surface area contributed by atoms with Gasteiger partial charge in [-0.1, -0.05) is 36.3 Å². The normalized spacial score (nSPS) is 14.8. The molecule has 0 bridgehead atoms. The first-order chi connectivity index (χ1) is 5.73. The minimum atomic E-state index is -0.596. The van der Waals surface area contributed by atoms with Crippen LogP contribution in [-0.4, -0.2) is 7.11 Å². The minimum absolute atomic E-state index is 0.596. The Labute approximate surface area is 73.4 Å². The number of hydrogen-bond acceptors (Lipinski definition) is 1. The molecule has 1 unspecified atom stereocenters. The highest BCUT2D eigenvalue weighted by molar-refractivity contribution is 5.29. The summed E-state index contributed by atoms with van der Waals surface area (Å²) in [4.78, 5) is 0. The molecule has 0 heterocycles. The summed E-state index contributed by atoms with van der Waals surface area (Å²) in [7, 11) is 1.62. The Morgan fingerprint density at radius 3 is 2.33 bits per heavy atom. The highest BCUT2D eigenvalue weighted by atomic mass is 16.5. The lowest BCUT2D eigenvalue weighted by molar-refractivity contribution is 0.0553. The molecule has 0 aliphatic carbocycles. The third kappa shape index (κ3) is 1.49. The van der Waals surface area contributed by atoms with Crippen molar-refractivity contribution in [3.63, 3.8) is 0 Å². The van der Waals surface area contributed by atoms with Crippen LogP contribution in [0.3, 0.4) is 0 Å². The van der Waals surface area contributed by atoms with Gasteiger partial charge >= 0.3 is 0 Å². The van der Waals surface area contributed by atoms with Crippen molar-refractivity contribution in [3.05, 3.63) is 35.9 Å². The monoisotopic (exact) mass is 160 g/mol. The van der Waals surface area contributed by atoms with E-state index < -0.39 is 5.60 Å². The van der Waals surface area contributed by atoms with Crippen LogP contribution in [0.25, 0.3) is 0 Å². The van der Waals surface area contributed by atoms with E-state index in [0.29, 0.717) is 0 Å². The van der Waals surface area contributed by atoms with Crippen LogP contribution >= 0.6 is 0 Å². The van der Waals surface area contributed by atoms with Crippen molar-refractivity contribution in [1.29, 1.82) is 0 Å². The maximum absolute atomic E-state index is 5.37. The predicted octanol–water partition coefficient (Wildman–Crippen LogP) is 2.18. The zero-order valence-corrected chi connectivity index (χ0v) is 7.37. The first-order valence-corrected chi connectivity index (χ1v) is 3.81. The van der Waals surface area contributed by atoms with Gasteiger partial charge in [-0.2, -0.15) is 0 Å². The molecule has 1 aromatic carbocycles. The fraction of sp³-hybridized carbons (Fsp3) is 0.273. The Kier molecular flexibility index (Phi) is 2.52. The van der Waals surface area contributed by atoms with Crippen LogP contribution in [0.1, 0.15) is 12.5 Å². The topological polar surface area (TPSA) is 9.23 Å². The van der Waals surface area contributed by atoms with Gasteiger partial charge in [-0.3, -0.25) is 0 Å². The number of benzene rings is 1. The molecule has 0 aliphatic rings. The smallest absolute Gasteiger partial charge is 0.150 e. The van der Waals surface area contributed by atoms with Crippen LogP contribution in [0, 0.1) is 12.3 Å². The first kappa shape index (κ1) is 8.83. The van der Waals surface area contributed by atoms with E-state index in [-0.39, 0.29) is 0 Å². The average molecular weight is 160 g/mol. The van der Waals surface area contributed by atoms with Crippen molar-refractivity contribution >= 4 is 0 Å². The Morgan fingerprint density at radius 2 is 1.92 bits per heavy atom. The SMILES string of the molecule is C#CC(C)(OC)c1ccccc1. The lowest BCUT2D eigenvalue weighted by Gasteiger charge is -2.21. The molecular formula is C11H12O. The molecule has 1 nitrogen and oxygen atoms in total. The number of methoxy groups -OCH3 is 1. The van der Waals surface area contributed by atoms with Gasteiger partial charge in [0.1, 0.15) is 0 Å². The van der Waals surface area contributed by atoms with E-state index >= 15 is 0 Å². The van der Waals surface area contributed by atoms with Gasteiger partial charge in [0.2, 0.25) is 0 Å². The fourth-order valence-corrected chi connectivity index (χ4v) is 1.02. The fourth-order valence-electron chi connectivity index (χ4n) is 1.02. The van der Waals surface area contributed by atoms with Gasteiger partial charge in [0, 0.05) is 7.11 Å². The maximum Gasteiger partial charge on any atom is 0.150 e. The van der Waals surface area contributed by atoms with Crippen molar-refractivity contribution in [3.8, 4) is 12.3 Å². The first-order valence-electron chi connectivity index (χ1n) is 3.81. The second kappa shape index (κ2) is 3.42. The summed E-state index contributed by atoms with van der Waals surface area (Å²) in [5.41, 5.74) is 0.413. The Bertz CT molecular complexity index is 284. The largest absolute Gasteiger partial charge is 0.362 e. The van der Waals surface area contributed by atoms with Gasteiger partial charge in [-0.25, -0.2) is 0 Å². The molecular weight excluding hydrogens is 148 g/mol. The summed E-state index contributed by atoms with van der Waals surface area (Å²) in [6, 6.07) is 9.77. The van der Waals surface area contributed by atoms with Crippen molar-refractivity contribution < 1.29 is 4.74 Å². The third-order valence-electron chi connectivity index (χ3n) is 2.01. The van der Waals surface area contributed by atoms with Gasteiger partial charge in [0.05, 0.1) is 0 Å². The van der Waals surface area contributed by atoms with Crippen LogP contribution < -0.4 is 0 Å². The molecule has 0 N–H and O–H groups in total. The van der Waals surface area contributed by atoms with Crippen LogP contribution in [0.15, 0.2) is 30.3 Å². The highest BCUT2D eigenvalue weighted by Crippen LogP contribution is 2.22. The van der Waals surface area contributed by atoms with E-state index in [1.54, 1.807) is 7.11 Å². The van der Waals surface area contributed by atoms with Crippen LogP contribution in [0.4, 0.5) is 0 Å². The van der Waals surface area contributed by atoms with E-state index in [1.807, 2.05) is 37.3 Å². The Hall–Kier alpha value is -1.26. The van der Waals surface area contributed by atoms with E-state index in [1.165, 1.54) is 0 Å². The van der Waals surface area contributed by atoms with Gasteiger partial charge in [0.15, 0.2) is 5.60 Å². The minimum Gasteiger partial charge on any atom is -0.362 e. The zero-order chi connectivity index (χ0) is 9.03. The summed E-state index contributed by atoms with van der Waals surface area (Å²) in [6.45, 7) is 1.88. The number of hydrogen-bond donors (Lipinski definition) is 0. The maximum atomic E-state index is 5.37. The van der Waals surface area contributed by atoms with E-state index in [2.05, 4.69) is 5.92 Å². The van der Waals surface area contributed by atoms with E-state index in [4.69, 9.17) is 11.2 Å². The van der Waals surface area contributed by atoms with Gasteiger partial charge < -0.3 is 4.74 Å². The third-order valence-corrected chi connectivity index (χ3v) is 2.01. The second-order valence-electron chi connectivity index (χ2n) is 2.75. The summed E-state index contributed by atoms with van der Waals surface area (Å²) in [5, 5.41) is 0. The molecule has 0 aliphatic heterocycles. The molecule has 12 heavy (non-hydrogen) atoms. The summed E-state index contributed by atoms with van der Waals surface area (Å²) < 4.78 is 5.24. The van der Waals surface area contributed by atoms with Crippen LogP contribution in [-0.2, 0) is 10.3 Å². The number of rotatable bonds is 2. The lowest BCUT2D eigenvalue weighted by Crippen LogP contribution is -2.21. The van der Waals surface area contributed by atoms with Gasteiger partial charge in [-0.05, 0) is 12.5 Å². The highest BCUT2D eigenvalue weighted by Gasteiger charge is 2.21. The quantitative estimate of drug-likeness (QED) is 0.602. The van der Waals surface area contributed by atoms with E-state index in [0.717, 1.165) is 5.56 Å². The predicted molar refractivity (Wildman–Crippen MR) is 49.6 cm³/mol. The number of ether oxygens (including phenoxy) is 1. The van der Waals surface area contributed by atoms with Gasteiger partial charge in [0.25, 0.3) is 0 Å². The lowest BCUT2D eigenvalue weighted by atomic mass is 9.97. The molecule has 1 aromatic rings. The molecule has 0 fully saturated rings. The van der Waals surface area contributed by atoms with Crippen LogP contribution in [0.2, 0.25) is 0 Å². The molecule has 0 spiro atoms. The van der Waals surface area contributed by atoms with Crippen molar-refractivity contribution in [2.24, 2.45) is 0 Å². The molecule has 0 radical (unpaired) electrons. The summed E-state index contributed by atoms with van der Waals surface area (Å²) in [6.07, 6.45) is 5.37. The summed E-state index contributed by atoms with van der Waals surface area (Å²) in [5.74, 6) is 2.62. The van der Waals surface area contributed by atoms with Crippen LogP contribution in [0.5, 0.6) is 0 Å².